The van der Waals surface area contributed by atoms with Gasteiger partial charge < -0.3 is 5.32 Å². The maximum absolute atomic E-state index is 12.9. The summed E-state index contributed by atoms with van der Waals surface area (Å²) >= 11 is 1.58. The maximum atomic E-state index is 12.9. The quantitative estimate of drug-likeness (QED) is 0.441. The molecule has 0 bridgehead atoms. The van der Waals surface area contributed by atoms with E-state index in [-0.39, 0.29) is 17.1 Å². The zero-order valence-electron chi connectivity index (χ0n) is 18.6. The molecule has 0 heterocycles. The number of hydrogen-bond acceptors (Lipinski definition) is 3. The van der Waals surface area contributed by atoms with Crippen LogP contribution < -0.4 is 5.32 Å². The summed E-state index contributed by atoms with van der Waals surface area (Å²) in [7, 11) is 0. The van der Waals surface area contributed by atoms with Gasteiger partial charge in [-0.25, -0.2) is 0 Å². The van der Waals surface area contributed by atoms with Crippen LogP contribution >= 0.6 is 11.8 Å². The molecule has 160 valence electrons. The monoisotopic (exact) mass is 431 g/mol. The first-order valence-corrected chi connectivity index (χ1v) is 11.6. The zero-order chi connectivity index (χ0) is 22.4. The van der Waals surface area contributed by atoms with Gasteiger partial charge >= 0.3 is 0 Å². The minimum Gasteiger partial charge on any atom is -0.325 e. The number of nitrogens with one attached hydrogen (secondary N) is 1. The van der Waals surface area contributed by atoms with Crippen LogP contribution in [0.2, 0.25) is 0 Å². The fraction of sp³-hybridized carbons (Fsp3) is 0.259. The third-order valence-electron chi connectivity index (χ3n) is 5.17. The number of rotatable bonds is 7. The van der Waals surface area contributed by atoms with Crippen molar-refractivity contribution in [3.05, 3.63) is 101 Å². The lowest BCUT2D eigenvalue weighted by atomic mass is 9.86. The van der Waals surface area contributed by atoms with Gasteiger partial charge in [-0.3, -0.25) is 9.59 Å². The van der Waals surface area contributed by atoms with Crippen LogP contribution in [0.5, 0.6) is 0 Å². The number of ketones is 1. The molecule has 3 aromatic rings. The van der Waals surface area contributed by atoms with Crippen LogP contribution in [-0.2, 0) is 16.0 Å². The molecule has 31 heavy (non-hydrogen) atoms. The van der Waals surface area contributed by atoms with E-state index >= 15 is 0 Å². The van der Waals surface area contributed by atoms with Crippen molar-refractivity contribution in [3.8, 4) is 0 Å². The van der Waals surface area contributed by atoms with Crippen molar-refractivity contribution in [2.75, 3.05) is 11.1 Å². The van der Waals surface area contributed by atoms with E-state index in [4.69, 9.17) is 0 Å². The van der Waals surface area contributed by atoms with Crippen LogP contribution in [0.25, 0.3) is 0 Å². The molecule has 1 N–H and O–H groups in total. The highest BCUT2D eigenvalue weighted by atomic mass is 32.2. The molecule has 4 heteroatoms. The van der Waals surface area contributed by atoms with E-state index in [1.807, 2.05) is 42.5 Å². The Labute approximate surface area is 189 Å². The van der Waals surface area contributed by atoms with Gasteiger partial charge in [0.15, 0.2) is 5.78 Å². The molecule has 3 nitrogen and oxygen atoms in total. The Kier molecular flexibility index (Phi) is 7.34. The Morgan fingerprint density at radius 2 is 1.58 bits per heavy atom. The Bertz CT molecular complexity index is 1070. The number of aryl methyl sites for hydroxylation is 1. The van der Waals surface area contributed by atoms with Crippen molar-refractivity contribution < 1.29 is 9.59 Å². The highest BCUT2D eigenvalue weighted by molar-refractivity contribution is 7.99. The third kappa shape index (κ3) is 6.31. The fourth-order valence-electron chi connectivity index (χ4n) is 3.25. The first-order chi connectivity index (χ1) is 14.7. The summed E-state index contributed by atoms with van der Waals surface area (Å²) in [4.78, 5) is 25.2. The summed E-state index contributed by atoms with van der Waals surface area (Å²) < 4.78 is 0. The first-order valence-electron chi connectivity index (χ1n) is 10.4. The smallest absolute Gasteiger partial charge is 0.234 e. The van der Waals surface area contributed by atoms with Crippen LogP contribution in [0, 0.1) is 6.92 Å². The highest BCUT2D eigenvalue weighted by Crippen LogP contribution is 2.23. The average molecular weight is 432 g/mol. The fourth-order valence-corrected chi connectivity index (χ4v) is 4.15. The highest BCUT2D eigenvalue weighted by Gasteiger charge is 2.15. The summed E-state index contributed by atoms with van der Waals surface area (Å²) in [5, 5.41) is 2.91. The molecular weight excluding hydrogens is 402 g/mol. The molecule has 0 fully saturated rings. The lowest BCUT2D eigenvalue weighted by molar-refractivity contribution is -0.113. The molecule has 3 rings (SSSR count). The van der Waals surface area contributed by atoms with Crippen LogP contribution in [0.1, 0.15) is 53.4 Å². The topological polar surface area (TPSA) is 46.2 Å². The Hall–Kier alpha value is -2.85. The van der Waals surface area contributed by atoms with E-state index in [1.165, 1.54) is 16.7 Å². The van der Waals surface area contributed by atoms with Crippen molar-refractivity contribution in [1.82, 2.24) is 0 Å². The second kappa shape index (κ2) is 9.97. The largest absolute Gasteiger partial charge is 0.325 e. The summed E-state index contributed by atoms with van der Waals surface area (Å²) in [6.07, 6.45) is 0. The molecule has 0 saturated heterocycles. The molecule has 0 aromatic heterocycles. The van der Waals surface area contributed by atoms with E-state index in [1.54, 1.807) is 30.0 Å². The third-order valence-corrected chi connectivity index (χ3v) is 6.16. The zero-order valence-corrected chi connectivity index (χ0v) is 19.4. The van der Waals surface area contributed by atoms with Crippen LogP contribution in [0.4, 0.5) is 5.69 Å². The minimum absolute atomic E-state index is 0.0446. The van der Waals surface area contributed by atoms with Gasteiger partial charge in [0.1, 0.15) is 0 Å². The number of anilines is 1. The number of thioether (sulfide) groups is 1. The van der Waals surface area contributed by atoms with Gasteiger partial charge in [0.2, 0.25) is 5.91 Å². The van der Waals surface area contributed by atoms with Gasteiger partial charge in [0, 0.05) is 22.6 Å². The molecule has 3 aromatic carbocycles. The van der Waals surface area contributed by atoms with Crippen LogP contribution in [0.15, 0.2) is 72.8 Å². The number of benzene rings is 3. The van der Waals surface area contributed by atoms with Crippen molar-refractivity contribution in [1.29, 1.82) is 0 Å². The molecule has 0 saturated carbocycles. The van der Waals surface area contributed by atoms with Gasteiger partial charge in [-0.2, -0.15) is 0 Å². The first kappa shape index (κ1) is 22.8. The lowest BCUT2D eigenvalue weighted by Crippen LogP contribution is -2.15. The molecule has 0 aliphatic rings. The standard InChI is InChI=1S/C27H29NO2S/c1-19-8-5-6-9-22(19)17-31-18-25(29)28-24-11-7-10-21(16-24)26(30)20-12-14-23(15-13-20)27(2,3)4/h5-16H,17-18H2,1-4H3,(H,28,29). The molecule has 0 spiro atoms. The molecule has 0 radical (unpaired) electrons. The van der Waals surface area contributed by atoms with Crippen molar-refractivity contribution in [2.45, 2.75) is 38.9 Å². The summed E-state index contributed by atoms with van der Waals surface area (Å²) in [5.74, 6) is 1.03. The molecule has 0 unspecified atom stereocenters. The van der Waals surface area contributed by atoms with Gasteiger partial charge in [-0.1, -0.05) is 81.4 Å². The van der Waals surface area contributed by atoms with Gasteiger partial charge in [-0.15, -0.1) is 11.8 Å². The van der Waals surface area contributed by atoms with Gasteiger partial charge in [-0.05, 0) is 41.2 Å². The number of carbonyl (C=O) groups is 2. The molecule has 0 aliphatic carbocycles. The number of amides is 1. The number of carbonyl (C=O) groups excluding carboxylic acids is 2. The average Bonchev–Trinajstić information content (AvgIpc) is 2.74. The van der Waals surface area contributed by atoms with E-state index in [0.29, 0.717) is 22.6 Å². The van der Waals surface area contributed by atoms with Gasteiger partial charge in [0.25, 0.3) is 0 Å². The predicted octanol–water partition coefficient (Wildman–Crippen LogP) is 6.40. The Morgan fingerprint density at radius 1 is 0.871 bits per heavy atom. The van der Waals surface area contributed by atoms with E-state index in [9.17, 15) is 9.59 Å². The van der Waals surface area contributed by atoms with Crippen LogP contribution in [-0.4, -0.2) is 17.4 Å². The van der Waals surface area contributed by atoms with E-state index in [0.717, 1.165) is 5.75 Å². The van der Waals surface area contributed by atoms with E-state index in [2.05, 4.69) is 45.1 Å². The Balaban J connectivity index is 1.60. The van der Waals surface area contributed by atoms with Crippen molar-refractivity contribution >= 4 is 29.1 Å². The van der Waals surface area contributed by atoms with Crippen molar-refractivity contribution in [3.63, 3.8) is 0 Å². The minimum atomic E-state index is -0.0716. The summed E-state index contributed by atoms with van der Waals surface area (Å²) in [6, 6.07) is 23.1. The van der Waals surface area contributed by atoms with E-state index < -0.39 is 0 Å². The second-order valence-corrected chi connectivity index (χ2v) is 9.69. The molecule has 1 amide bonds. The second-order valence-electron chi connectivity index (χ2n) is 8.70. The number of hydrogen-bond donors (Lipinski definition) is 1. The molecular formula is C27H29NO2S. The predicted molar refractivity (Wildman–Crippen MR) is 131 cm³/mol. The van der Waals surface area contributed by atoms with Crippen molar-refractivity contribution in [2.24, 2.45) is 0 Å². The maximum Gasteiger partial charge on any atom is 0.234 e. The molecule has 0 atom stereocenters. The summed E-state index contributed by atoms with van der Waals surface area (Å²) in [5.41, 5.74) is 5.55. The summed E-state index contributed by atoms with van der Waals surface area (Å²) in [6.45, 7) is 8.52. The van der Waals surface area contributed by atoms with Crippen LogP contribution in [0.3, 0.4) is 0 Å². The SMILES string of the molecule is Cc1ccccc1CSCC(=O)Nc1cccc(C(=O)c2ccc(C(C)(C)C)cc2)c1. The Morgan fingerprint density at radius 3 is 2.26 bits per heavy atom. The molecule has 0 aliphatic heterocycles. The normalized spacial score (nSPS) is 11.2. The lowest BCUT2D eigenvalue weighted by Gasteiger charge is -2.19. The van der Waals surface area contributed by atoms with Gasteiger partial charge in [0.05, 0.1) is 5.75 Å².